The summed E-state index contributed by atoms with van der Waals surface area (Å²) in [6.45, 7) is 0.455. The van der Waals surface area contributed by atoms with E-state index >= 15 is 0 Å². The van der Waals surface area contributed by atoms with Gasteiger partial charge in [0.15, 0.2) is 0 Å². The molecule has 3 amide bonds. The highest BCUT2D eigenvalue weighted by Crippen LogP contribution is 2.24. The van der Waals surface area contributed by atoms with Gasteiger partial charge in [0.1, 0.15) is 0 Å². The second-order valence-electron chi connectivity index (χ2n) is 6.01. The number of hydrogen-bond acceptors (Lipinski definition) is 3. The highest BCUT2D eigenvalue weighted by Gasteiger charge is 2.27. The third-order valence-corrected chi connectivity index (χ3v) is 3.90. The molecule has 0 aliphatic heterocycles. The molecule has 120 valence electrons. The van der Waals surface area contributed by atoms with Crippen LogP contribution in [0.25, 0.3) is 0 Å². The number of rotatable bonds is 4. The molecule has 2 atom stereocenters. The molecular weight excluding hydrogens is 280 g/mol. The van der Waals surface area contributed by atoms with Crippen LogP contribution in [-0.2, 0) is 11.3 Å². The standard InChI is InChI=1S/C16H24N4O2/c1-20(2)16(22)19-14-5-3-4-11(8-14)10-18-15(21)12-6-7-13(17)9-12/h3-5,8,12-13H,6-7,9-10,17H2,1-2H3,(H,18,21)(H,19,22). The molecule has 6 nitrogen and oxygen atoms in total. The molecule has 0 bridgehead atoms. The van der Waals surface area contributed by atoms with Crippen LogP contribution in [0.4, 0.5) is 10.5 Å². The molecule has 1 aliphatic carbocycles. The number of benzene rings is 1. The highest BCUT2D eigenvalue weighted by molar-refractivity contribution is 5.89. The van der Waals surface area contributed by atoms with E-state index in [-0.39, 0.29) is 23.9 Å². The van der Waals surface area contributed by atoms with Gasteiger partial charge in [-0.2, -0.15) is 0 Å². The molecule has 0 spiro atoms. The maximum absolute atomic E-state index is 12.1. The van der Waals surface area contributed by atoms with Crippen molar-refractivity contribution in [2.24, 2.45) is 11.7 Å². The lowest BCUT2D eigenvalue weighted by atomic mass is 10.1. The number of nitrogens with one attached hydrogen (secondary N) is 2. The van der Waals surface area contributed by atoms with Crippen molar-refractivity contribution in [3.8, 4) is 0 Å². The van der Waals surface area contributed by atoms with Crippen molar-refractivity contribution in [3.63, 3.8) is 0 Å². The third kappa shape index (κ3) is 4.46. The number of urea groups is 1. The summed E-state index contributed by atoms with van der Waals surface area (Å²) in [4.78, 5) is 25.2. The van der Waals surface area contributed by atoms with E-state index in [4.69, 9.17) is 5.73 Å². The topological polar surface area (TPSA) is 87.5 Å². The van der Waals surface area contributed by atoms with Crippen molar-refractivity contribution in [3.05, 3.63) is 29.8 Å². The van der Waals surface area contributed by atoms with Gasteiger partial charge < -0.3 is 21.3 Å². The van der Waals surface area contributed by atoms with Crippen LogP contribution >= 0.6 is 0 Å². The number of amides is 3. The van der Waals surface area contributed by atoms with Crippen molar-refractivity contribution >= 4 is 17.6 Å². The first-order chi connectivity index (χ1) is 10.5. The largest absolute Gasteiger partial charge is 0.352 e. The maximum Gasteiger partial charge on any atom is 0.321 e. The molecule has 2 rings (SSSR count). The van der Waals surface area contributed by atoms with Gasteiger partial charge in [-0.15, -0.1) is 0 Å². The molecule has 1 saturated carbocycles. The Bertz CT molecular complexity index is 545. The summed E-state index contributed by atoms with van der Waals surface area (Å²) in [5, 5.41) is 5.74. The Morgan fingerprint density at radius 1 is 1.32 bits per heavy atom. The van der Waals surface area contributed by atoms with E-state index in [0.717, 1.165) is 24.8 Å². The number of carbonyl (C=O) groups excluding carboxylic acids is 2. The van der Waals surface area contributed by atoms with E-state index in [1.165, 1.54) is 4.90 Å². The summed E-state index contributed by atoms with van der Waals surface area (Å²) in [7, 11) is 3.37. The minimum atomic E-state index is -0.180. The third-order valence-electron chi connectivity index (χ3n) is 3.90. The number of anilines is 1. The highest BCUT2D eigenvalue weighted by atomic mass is 16.2. The van der Waals surface area contributed by atoms with Crippen LogP contribution in [-0.4, -0.2) is 37.0 Å². The van der Waals surface area contributed by atoms with Gasteiger partial charge in [0.05, 0.1) is 0 Å². The summed E-state index contributed by atoms with van der Waals surface area (Å²) in [6.07, 6.45) is 2.56. The number of nitrogens with zero attached hydrogens (tertiary/aromatic N) is 1. The van der Waals surface area contributed by atoms with E-state index in [1.54, 1.807) is 14.1 Å². The van der Waals surface area contributed by atoms with Crippen LogP contribution in [0.15, 0.2) is 24.3 Å². The zero-order chi connectivity index (χ0) is 16.1. The first-order valence-corrected chi connectivity index (χ1v) is 7.56. The summed E-state index contributed by atoms with van der Waals surface area (Å²) in [5.74, 6) is 0.0994. The average Bonchev–Trinajstić information content (AvgIpc) is 2.91. The summed E-state index contributed by atoms with van der Waals surface area (Å²) in [6, 6.07) is 7.44. The predicted molar refractivity (Wildman–Crippen MR) is 86.3 cm³/mol. The quantitative estimate of drug-likeness (QED) is 0.788. The number of nitrogens with two attached hydrogens (primary N) is 1. The van der Waals surface area contributed by atoms with Crippen molar-refractivity contribution in [1.82, 2.24) is 10.2 Å². The van der Waals surface area contributed by atoms with Crippen molar-refractivity contribution in [2.45, 2.75) is 31.8 Å². The molecule has 6 heteroatoms. The number of hydrogen-bond donors (Lipinski definition) is 3. The molecule has 4 N–H and O–H groups in total. The normalized spacial score (nSPS) is 20.5. The molecule has 2 unspecified atom stereocenters. The van der Waals surface area contributed by atoms with E-state index in [0.29, 0.717) is 12.2 Å². The Morgan fingerprint density at radius 2 is 2.09 bits per heavy atom. The van der Waals surface area contributed by atoms with Gasteiger partial charge in [-0.3, -0.25) is 4.79 Å². The Hall–Kier alpha value is -2.08. The van der Waals surface area contributed by atoms with Crippen molar-refractivity contribution in [1.29, 1.82) is 0 Å². The monoisotopic (exact) mass is 304 g/mol. The Balaban J connectivity index is 1.87. The fourth-order valence-corrected chi connectivity index (χ4v) is 2.58. The average molecular weight is 304 g/mol. The van der Waals surface area contributed by atoms with Gasteiger partial charge in [-0.05, 0) is 37.0 Å². The molecule has 0 aromatic heterocycles. The molecule has 1 aromatic carbocycles. The van der Waals surface area contributed by atoms with Crippen LogP contribution in [0.5, 0.6) is 0 Å². The molecule has 0 heterocycles. The summed E-state index contributed by atoms with van der Waals surface area (Å²) >= 11 is 0. The predicted octanol–water partition coefficient (Wildman–Crippen LogP) is 1.52. The first kappa shape index (κ1) is 16.3. The van der Waals surface area contributed by atoms with Gasteiger partial charge in [-0.25, -0.2) is 4.79 Å². The van der Waals surface area contributed by atoms with Crippen LogP contribution in [0.2, 0.25) is 0 Å². The smallest absolute Gasteiger partial charge is 0.321 e. The van der Waals surface area contributed by atoms with Crippen molar-refractivity contribution < 1.29 is 9.59 Å². The second kappa shape index (κ2) is 7.26. The summed E-state index contributed by atoms with van der Waals surface area (Å²) < 4.78 is 0. The SMILES string of the molecule is CN(C)C(=O)Nc1cccc(CNC(=O)C2CCC(N)C2)c1. The lowest BCUT2D eigenvalue weighted by molar-refractivity contribution is -0.125. The second-order valence-corrected chi connectivity index (χ2v) is 6.01. The Kier molecular flexibility index (Phi) is 5.38. The van der Waals surface area contributed by atoms with Gasteiger partial charge in [0.25, 0.3) is 0 Å². The van der Waals surface area contributed by atoms with E-state index in [1.807, 2.05) is 24.3 Å². The van der Waals surface area contributed by atoms with Crippen LogP contribution in [0.3, 0.4) is 0 Å². The molecule has 22 heavy (non-hydrogen) atoms. The summed E-state index contributed by atoms with van der Waals surface area (Å²) in [5.41, 5.74) is 7.50. The molecule has 0 saturated heterocycles. The first-order valence-electron chi connectivity index (χ1n) is 7.56. The molecule has 1 fully saturated rings. The Morgan fingerprint density at radius 3 is 2.73 bits per heavy atom. The van der Waals surface area contributed by atoms with Crippen molar-refractivity contribution in [2.75, 3.05) is 19.4 Å². The zero-order valence-electron chi connectivity index (χ0n) is 13.1. The zero-order valence-corrected chi connectivity index (χ0v) is 13.1. The minimum absolute atomic E-state index is 0.0339. The van der Waals surface area contributed by atoms with Crippen LogP contribution < -0.4 is 16.4 Å². The van der Waals surface area contributed by atoms with Crippen LogP contribution in [0.1, 0.15) is 24.8 Å². The van der Waals surface area contributed by atoms with Gasteiger partial charge in [-0.1, -0.05) is 12.1 Å². The molecule has 0 radical (unpaired) electrons. The van der Waals surface area contributed by atoms with E-state index < -0.39 is 0 Å². The maximum atomic E-state index is 12.1. The molecule has 1 aliphatic rings. The number of carbonyl (C=O) groups is 2. The lowest BCUT2D eigenvalue weighted by Crippen LogP contribution is -2.30. The lowest BCUT2D eigenvalue weighted by Gasteiger charge is -2.14. The molecular formula is C16H24N4O2. The van der Waals surface area contributed by atoms with Gasteiger partial charge >= 0.3 is 6.03 Å². The van der Waals surface area contributed by atoms with Crippen LogP contribution in [0, 0.1) is 5.92 Å². The minimum Gasteiger partial charge on any atom is -0.352 e. The Labute approximate surface area is 131 Å². The van der Waals surface area contributed by atoms with Gasteiger partial charge in [0, 0.05) is 38.3 Å². The van der Waals surface area contributed by atoms with E-state index in [2.05, 4.69) is 10.6 Å². The van der Waals surface area contributed by atoms with E-state index in [9.17, 15) is 9.59 Å². The fourth-order valence-electron chi connectivity index (χ4n) is 2.58. The molecule has 1 aromatic rings. The van der Waals surface area contributed by atoms with Gasteiger partial charge in [0.2, 0.25) is 5.91 Å². The fraction of sp³-hybridized carbons (Fsp3) is 0.500.